The Labute approximate surface area is 148 Å². The number of imidazole rings is 1. The molecule has 0 aliphatic rings. The summed E-state index contributed by atoms with van der Waals surface area (Å²) in [4.78, 5) is 9.16. The van der Waals surface area contributed by atoms with E-state index in [0.717, 1.165) is 33.9 Å². The van der Waals surface area contributed by atoms with Gasteiger partial charge in [-0.2, -0.15) is 0 Å². The number of fused-ring (bicyclic) bond motifs is 1. The molecule has 0 saturated heterocycles. The lowest BCUT2D eigenvalue weighted by atomic mass is 10.1. The van der Waals surface area contributed by atoms with Crippen molar-refractivity contribution in [3.63, 3.8) is 0 Å². The number of aryl methyl sites for hydroxylation is 1. The zero-order valence-corrected chi connectivity index (χ0v) is 14.5. The van der Waals surface area contributed by atoms with E-state index in [4.69, 9.17) is 16.6 Å². The van der Waals surface area contributed by atoms with Gasteiger partial charge in [-0.1, -0.05) is 23.7 Å². The number of halogens is 1. The first-order chi connectivity index (χ1) is 11.7. The highest BCUT2D eigenvalue weighted by molar-refractivity contribution is 7.09. The molecule has 0 unspecified atom stereocenters. The van der Waals surface area contributed by atoms with Crippen LogP contribution in [0.4, 0.5) is 0 Å². The molecule has 3 heterocycles. The van der Waals surface area contributed by atoms with Gasteiger partial charge in [0, 0.05) is 33.4 Å². The zero-order chi connectivity index (χ0) is 16.7. The molecule has 24 heavy (non-hydrogen) atoms. The number of benzene rings is 1. The van der Waals surface area contributed by atoms with E-state index in [9.17, 15) is 5.11 Å². The zero-order valence-electron chi connectivity index (χ0n) is 12.9. The molecular formula is C18H14ClN3OS. The summed E-state index contributed by atoms with van der Waals surface area (Å²) in [5, 5.41) is 12.6. The molecule has 4 rings (SSSR count). The molecule has 0 aliphatic carbocycles. The molecule has 0 saturated carbocycles. The number of pyridine rings is 1. The van der Waals surface area contributed by atoms with E-state index >= 15 is 0 Å². The lowest BCUT2D eigenvalue weighted by Crippen LogP contribution is -1.90. The minimum atomic E-state index is -0.0318. The van der Waals surface area contributed by atoms with Crippen LogP contribution >= 0.6 is 22.9 Å². The van der Waals surface area contributed by atoms with E-state index in [1.165, 1.54) is 11.3 Å². The van der Waals surface area contributed by atoms with Gasteiger partial charge in [0.15, 0.2) is 0 Å². The average molecular weight is 356 g/mol. The number of nitrogens with zero attached hydrogens (tertiary/aromatic N) is 3. The van der Waals surface area contributed by atoms with Crippen LogP contribution in [0.3, 0.4) is 0 Å². The molecule has 0 radical (unpaired) electrons. The summed E-state index contributed by atoms with van der Waals surface area (Å²) in [5.74, 6) is 0. The average Bonchev–Trinajstić information content (AvgIpc) is 3.20. The maximum absolute atomic E-state index is 9.19. The van der Waals surface area contributed by atoms with E-state index in [1.54, 1.807) is 0 Å². The third-order valence-corrected chi connectivity index (χ3v) is 5.01. The summed E-state index contributed by atoms with van der Waals surface area (Å²) < 4.78 is 2.06. The van der Waals surface area contributed by atoms with Gasteiger partial charge < -0.3 is 9.51 Å². The Balaban J connectivity index is 1.84. The Morgan fingerprint density at radius 1 is 1.17 bits per heavy atom. The summed E-state index contributed by atoms with van der Waals surface area (Å²) in [6, 6.07) is 11.7. The van der Waals surface area contributed by atoms with Gasteiger partial charge in [-0.25, -0.2) is 9.97 Å². The predicted molar refractivity (Wildman–Crippen MR) is 97.4 cm³/mol. The van der Waals surface area contributed by atoms with Crippen LogP contribution in [0.5, 0.6) is 0 Å². The van der Waals surface area contributed by atoms with Crippen LogP contribution in [-0.2, 0) is 6.61 Å². The van der Waals surface area contributed by atoms with Crippen LogP contribution in [-0.4, -0.2) is 19.5 Å². The Hall–Kier alpha value is -2.21. The molecule has 4 aromatic rings. The second-order valence-corrected chi connectivity index (χ2v) is 6.87. The Morgan fingerprint density at radius 3 is 2.79 bits per heavy atom. The van der Waals surface area contributed by atoms with Gasteiger partial charge in [0.25, 0.3) is 0 Å². The summed E-state index contributed by atoms with van der Waals surface area (Å²) >= 11 is 7.56. The number of aliphatic hydroxyl groups is 1. The predicted octanol–water partition coefficient (Wildman–Crippen LogP) is 4.58. The third kappa shape index (κ3) is 2.60. The molecule has 4 nitrogen and oxygen atoms in total. The first-order valence-electron chi connectivity index (χ1n) is 7.46. The lowest BCUT2D eigenvalue weighted by Gasteiger charge is -2.02. The van der Waals surface area contributed by atoms with Crippen molar-refractivity contribution in [1.82, 2.24) is 14.4 Å². The molecular weight excluding hydrogens is 342 g/mol. The van der Waals surface area contributed by atoms with Gasteiger partial charge in [-0.15, -0.1) is 11.3 Å². The molecule has 0 fully saturated rings. The van der Waals surface area contributed by atoms with Crippen LogP contribution in [0.25, 0.3) is 28.2 Å². The van der Waals surface area contributed by atoms with Gasteiger partial charge >= 0.3 is 0 Å². The first-order valence-corrected chi connectivity index (χ1v) is 8.72. The van der Waals surface area contributed by atoms with Crippen LogP contribution in [0.1, 0.15) is 10.7 Å². The maximum Gasteiger partial charge on any atom is 0.137 e. The molecule has 0 atom stereocenters. The number of thiazole rings is 1. The van der Waals surface area contributed by atoms with Crippen molar-refractivity contribution >= 4 is 28.6 Å². The second-order valence-electron chi connectivity index (χ2n) is 5.49. The summed E-state index contributed by atoms with van der Waals surface area (Å²) in [5.41, 5.74) is 5.71. The van der Waals surface area contributed by atoms with Gasteiger partial charge in [0.2, 0.25) is 0 Å². The molecule has 0 aliphatic heterocycles. The van der Waals surface area contributed by atoms with Gasteiger partial charge in [0.1, 0.15) is 10.7 Å². The Morgan fingerprint density at radius 2 is 2.04 bits per heavy atom. The fourth-order valence-electron chi connectivity index (χ4n) is 2.74. The van der Waals surface area contributed by atoms with Crippen molar-refractivity contribution in [2.24, 2.45) is 0 Å². The molecule has 1 aromatic carbocycles. The van der Waals surface area contributed by atoms with Crippen molar-refractivity contribution < 1.29 is 5.11 Å². The number of hydrogen-bond acceptors (Lipinski definition) is 4. The van der Waals surface area contributed by atoms with Crippen molar-refractivity contribution in [2.75, 3.05) is 0 Å². The largest absolute Gasteiger partial charge is 0.389 e. The SMILES string of the molecule is Cc1c(-c2cccc(Cl)c2)nc2ccc(-c3csc(CO)n3)cn12. The van der Waals surface area contributed by atoms with E-state index in [1.807, 2.05) is 54.9 Å². The quantitative estimate of drug-likeness (QED) is 0.585. The molecule has 120 valence electrons. The minimum Gasteiger partial charge on any atom is -0.389 e. The molecule has 0 spiro atoms. The van der Waals surface area contributed by atoms with Crippen molar-refractivity contribution in [2.45, 2.75) is 13.5 Å². The van der Waals surface area contributed by atoms with Crippen molar-refractivity contribution in [3.8, 4) is 22.5 Å². The van der Waals surface area contributed by atoms with Gasteiger partial charge in [-0.3, -0.25) is 0 Å². The number of rotatable bonds is 3. The fourth-order valence-corrected chi connectivity index (χ4v) is 3.59. The molecule has 0 amide bonds. The molecule has 6 heteroatoms. The highest BCUT2D eigenvalue weighted by Gasteiger charge is 2.12. The monoisotopic (exact) mass is 355 g/mol. The summed E-state index contributed by atoms with van der Waals surface area (Å²) in [6.07, 6.45) is 2.03. The fraction of sp³-hybridized carbons (Fsp3) is 0.111. The maximum atomic E-state index is 9.19. The molecule has 0 bridgehead atoms. The lowest BCUT2D eigenvalue weighted by molar-refractivity contribution is 0.281. The summed E-state index contributed by atoms with van der Waals surface area (Å²) in [7, 11) is 0. The van der Waals surface area contributed by atoms with E-state index in [-0.39, 0.29) is 6.61 Å². The minimum absolute atomic E-state index is 0.0318. The van der Waals surface area contributed by atoms with Crippen LogP contribution < -0.4 is 0 Å². The highest BCUT2D eigenvalue weighted by atomic mass is 35.5. The molecule has 1 N–H and O–H groups in total. The number of hydrogen-bond donors (Lipinski definition) is 1. The number of aromatic nitrogens is 3. The topological polar surface area (TPSA) is 50.4 Å². The Bertz CT molecular complexity index is 1040. The van der Waals surface area contributed by atoms with Crippen molar-refractivity contribution in [1.29, 1.82) is 0 Å². The normalized spacial score (nSPS) is 11.3. The third-order valence-electron chi connectivity index (χ3n) is 3.94. The van der Waals surface area contributed by atoms with Crippen LogP contribution in [0, 0.1) is 6.92 Å². The van der Waals surface area contributed by atoms with E-state index in [2.05, 4.69) is 9.38 Å². The van der Waals surface area contributed by atoms with Gasteiger partial charge in [-0.05, 0) is 31.2 Å². The number of aliphatic hydroxyl groups excluding tert-OH is 1. The van der Waals surface area contributed by atoms with Gasteiger partial charge in [0.05, 0.1) is 18.0 Å². The summed E-state index contributed by atoms with van der Waals surface area (Å²) in [6.45, 7) is 2.01. The van der Waals surface area contributed by atoms with Crippen LogP contribution in [0.2, 0.25) is 5.02 Å². The molecule has 3 aromatic heterocycles. The van der Waals surface area contributed by atoms with Crippen LogP contribution in [0.15, 0.2) is 48.0 Å². The Kier molecular flexibility index (Phi) is 3.84. The van der Waals surface area contributed by atoms with E-state index in [0.29, 0.717) is 10.0 Å². The first kappa shape index (κ1) is 15.3. The standard InChI is InChI=1S/C18H14ClN3OS/c1-11-18(12-3-2-4-14(19)7-12)21-16-6-5-13(8-22(11)16)15-10-24-17(9-23)20-15/h2-8,10,23H,9H2,1H3. The smallest absolute Gasteiger partial charge is 0.137 e. The van der Waals surface area contributed by atoms with Crippen molar-refractivity contribution in [3.05, 3.63) is 63.7 Å². The second kappa shape index (κ2) is 6.02. The van der Waals surface area contributed by atoms with E-state index < -0.39 is 0 Å². The highest BCUT2D eigenvalue weighted by Crippen LogP contribution is 2.28.